The van der Waals surface area contributed by atoms with E-state index in [0.717, 1.165) is 59.9 Å². The van der Waals surface area contributed by atoms with Crippen LogP contribution < -0.4 is 5.32 Å². The summed E-state index contributed by atoms with van der Waals surface area (Å²) in [7, 11) is 0. The number of benzene rings is 2. The van der Waals surface area contributed by atoms with Crippen molar-refractivity contribution < 1.29 is 14.4 Å². The van der Waals surface area contributed by atoms with E-state index in [1.807, 2.05) is 47.4 Å². The van der Waals surface area contributed by atoms with Crippen LogP contribution in [-0.2, 0) is 15.1 Å². The number of nitrogens with one attached hydrogen (secondary N) is 1. The zero-order valence-electron chi connectivity index (χ0n) is 17.8. The van der Waals surface area contributed by atoms with Gasteiger partial charge in [0, 0.05) is 11.7 Å². The molecule has 1 saturated carbocycles. The summed E-state index contributed by atoms with van der Waals surface area (Å²) >= 11 is 0. The molecule has 2 aromatic carbocycles. The molecule has 2 fully saturated rings. The second-order valence-electron chi connectivity index (χ2n) is 8.94. The van der Waals surface area contributed by atoms with Crippen LogP contribution in [0.4, 0.5) is 4.79 Å². The average Bonchev–Trinajstić information content (AvgIpc) is 3.59. The first-order valence-electron chi connectivity index (χ1n) is 11.1. The summed E-state index contributed by atoms with van der Waals surface area (Å²) in [5.41, 5.74) is 0.590. The van der Waals surface area contributed by atoms with Gasteiger partial charge in [-0.1, -0.05) is 42.5 Å². The summed E-state index contributed by atoms with van der Waals surface area (Å²) in [6.07, 6.45) is 8.20. The van der Waals surface area contributed by atoms with Crippen molar-refractivity contribution in [2.75, 3.05) is 6.54 Å². The molecule has 2 aliphatic carbocycles. The lowest BCUT2D eigenvalue weighted by atomic mass is 9.90. The molecule has 0 spiro atoms. The van der Waals surface area contributed by atoms with Crippen molar-refractivity contribution in [3.63, 3.8) is 0 Å². The first-order valence-corrected chi connectivity index (χ1v) is 11.1. The Bertz CT molecular complexity index is 1100. The van der Waals surface area contributed by atoms with Crippen LogP contribution in [0, 0.1) is 0 Å². The SMILES string of the molecule is CC1(c2ccc3ccccc3c2)NC(=O)N(CC(=O)N(C2=CCCCC2)C2CC2)C1=O. The van der Waals surface area contributed by atoms with Crippen LogP contribution in [0.2, 0.25) is 0 Å². The van der Waals surface area contributed by atoms with Crippen molar-refractivity contribution in [2.45, 2.75) is 57.0 Å². The molecule has 2 aromatic rings. The maximum atomic E-state index is 13.4. The lowest BCUT2D eigenvalue weighted by Crippen LogP contribution is -2.45. The van der Waals surface area contributed by atoms with Gasteiger partial charge in [-0.3, -0.25) is 14.5 Å². The summed E-state index contributed by atoms with van der Waals surface area (Å²) in [5.74, 6) is -0.545. The van der Waals surface area contributed by atoms with Gasteiger partial charge >= 0.3 is 6.03 Å². The van der Waals surface area contributed by atoms with Gasteiger partial charge in [0.25, 0.3) is 5.91 Å². The number of carbonyl (C=O) groups is 3. The van der Waals surface area contributed by atoms with Gasteiger partial charge < -0.3 is 10.2 Å². The predicted molar refractivity (Wildman–Crippen MR) is 118 cm³/mol. The molecule has 1 heterocycles. The van der Waals surface area contributed by atoms with Gasteiger partial charge in [-0.15, -0.1) is 0 Å². The third kappa shape index (κ3) is 3.50. The van der Waals surface area contributed by atoms with Crippen LogP contribution in [0.1, 0.15) is 51.0 Å². The molecule has 6 heteroatoms. The lowest BCUT2D eigenvalue weighted by molar-refractivity contribution is -0.138. The molecule has 1 atom stereocenters. The van der Waals surface area contributed by atoms with Crippen LogP contribution in [0.25, 0.3) is 10.8 Å². The standard InChI is InChI=1S/C25H27N3O3/c1-25(19-12-11-17-7-5-6-8-18(17)15-19)23(30)27(24(31)26-25)16-22(29)28(21-13-14-21)20-9-3-2-4-10-20/h5-9,11-12,15,21H,2-4,10,13-14,16H2,1H3,(H,26,31). The molecule has 0 radical (unpaired) electrons. The maximum Gasteiger partial charge on any atom is 0.325 e. The Morgan fingerprint density at radius 3 is 2.61 bits per heavy atom. The summed E-state index contributed by atoms with van der Waals surface area (Å²) < 4.78 is 0. The van der Waals surface area contributed by atoms with E-state index in [0.29, 0.717) is 5.56 Å². The highest BCUT2D eigenvalue weighted by atomic mass is 16.2. The third-order valence-electron chi connectivity index (χ3n) is 6.65. The number of hydrogen-bond donors (Lipinski definition) is 1. The molecule has 160 valence electrons. The molecule has 0 bridgehead atoms. The molecule has 0 aromatic heterocycles. The number of allylic oxidation sites excluding steroid dienone is 2. The minimum Gasteiger partial charge on any atom is -0.319 e. The van der Waals surface area contributed by atoms with Gasteiger partial charge in [0.15, 0.2) is 0 Å². The Kier molecular flexibility index (Phi) is 4.80. The molecule has 1 aliphatic heterocycles. The first kappa shape index (κ1) is 19.8. The number of hydrogen-bond acceptors (Lipinski definition) is 3. The fourth-order valence-electron chi connectivity index (χ4n) is 4.72. The van der Waals surface area contributed by atoms with Crippen LogP contribution in [0.5, 0.6) is 0 Å². The highest BCUT2D eigenvalue weighted by Gasteiger charge is 2.50. The number of amides is 4. The minimum absolute atomic E-state index is 0.165. The average molecular weight is 418 g/mol. The Hall–Kier alpha value is -3.15. The topological polar surface area (TPSA) is 69.7 Å². The minimum atomic E-state index is -1.18. The number of urea groups is 1. The molecule has 4 amide bonds. The number of imide groups is 1. The van der Waals surface area contributed by atoms with E-state index >= 15 is 0 Å². The van der Waals surface area contributed by atoms with E-state index in [1.54, 1.807) is 6.92 Å². The van der Waals surface area contributed by atoms with Crippen molar-refractivity contribution in [3.8, 4) is 0 Å². The van der Waals surface area contributed by atoms with Crippen molar-refractivity contribution in [1.29, 1.82) is 0 Å². The molecule has 31 heavy (non-hydrogen) atoms. The molecule has 1 N–H and O–H groups in total. The van der Waals surface area contributed by atoms with Crippen molar-refractivity contribution >= 4 is 28.6 Å². The van der Waals surface area contributed by atoms with Crippen LogP contribution in [0.15, 0.2) is 54.2 Å². The Morgan fingerprint density at radius 2 is 1.90 bits per heavy atom. The van der Waals surface area contributed by atoms with E-state index in [9.17, 15) is 14.4 Å². The second-order valence-corrected chi connectivity index (χ2v) is 8.94. The van der Waals surface area contributed by atoms with Crippen LogP contribution >= 0.6 is 0 Å². The van der Waals surface area contributed by atoms with Gasteiger partial charge in [0.05, 0.1) is 0 Å². The lowest BCUT2D eigenvalue weighted by Gasteiger charge is -2.29. The summed E-state index contributed by atoms with van der Waals surface area (Å²) in [5, 5.41) is 4.90. The van der Waals surface area contributed by atoms with E-state index in [1.165, 1.54) is 0 Å². The highest BCUT2D eigenvalue weighted by Crippen LogP contribution is 2.35. The maximum absolute atomic E-state index is 13.4. The smallest absolute Gasteiger partial charge is 0.319 e. The van der Waals surface area contributed by atoms with Gasteiger partial charge in [-0.05, 0) is 67.9 Å². The molecule has 1 saturated heterocycles. The summed E-state index contributed by atoms with van der Waals surface area (Å²) in [6, 6.07) is 13.4. The largest absolute Gasteiger partial charge is 0.325 e. The molecule has 3 aliphatic rings. The molecule has 1 unspecified atom stereocenters. The zero-order chi connectivity index (χ0) is 21.6. The van der Waals surface area contributed by atoms with Gasteiger partial charge in [0.2, 0.25) is 5.91 Å². The fraction of sp³-hybridized carbons (Fsp3) is 0.400. The monoisotopic (exact) mass is 417 g/mol. The second kappa shape index (κ2) is 7.52. The van der Waals surface area contributed by atoms with Gasteiger partial charge in [-0.25, -0.2) is 4.79 Å². The molecular weight excluding hydrogens is 390 g/mol. The van der Waals surface area contributed by atoms with Gasteiger partial charge in [0.1, 0.15) is 12.1 Å². The van der Waals surface area contributed by atoms with Crippen LogP contribution in [0.3, 0.4) is 0 Å². The summed E-state index contributed by atoms with van der Waals surface area (Å²) in [6.45, 7) is 1.49. The number of fused-ring (bicyclic) bond motifs is 1. The normalized spacial score (nSPS) is 23.6. The third-order valence-corrected chi connectivity index (χ3v) is 6.65. The number of nitrogens with zero attached hydrogens (tertiary/aromatic N) is 2. The Morgan fingerprint density at radius 1 is 1.13 bits per heavy atom. The van der Waals surface area contributed by atoms with E-state index in [4.69, 9.17) is 0 Å². The number of rotatable bonds is 5. The molecular formula is C25H27N3O3. The van der Waals surface area contributed by atoms with Crippen molar-refractivity contribution in [3.05, 3.63) is 59.8 Å². The van der Waals surface area contributed by atoms with Gasteiger partial charge in [-0.2, -0.15) is 0 Å². The van der Waals surface area contributed by atoms with Crippen molar-refractivity contribution in [2.24, 2.45) is 0 Å². The molecule has 5 rings (SSSR count). The molecule has 6 nitrogen and oxygen atoms in total. The van der Waals surface area contributed by atoms with E-state index in [-0.39, 0.29) is 24.4 Å². The Balaban J connectivity index is 1.39. The summed E-state index contributed by atoms with van der Waals surface area (Å²) in [4.78, 5) is 42.3. The predicted octanol–water partition coefficient (Wildman–Crippen LogP) is 4.06. The van der Waals surface area contributed by atoms with E-state index < -0.39 is 11.6 Å². The van der Waals surface area contributed by atoms with E-state index in [2.05, 4.69) is 11.4 Å². The Labute approximate surface area is 181 Å². The van der Waals surface area contributed by atoms with Crippen LogP contribution in [-0.4, -0.2) is 40.2 Å². The number of carbonyl (C=O) groups excluding carboxylic acids is 3. The first-order chi connectivity index (χ1) is 15.0. The van der Waals surface area contributed by atoms with Crippen molar-refractivity contribution in [1.82, 2.24) is 15.1 Å². The quantitative estimate of drug-likeness (QED) is 0.746. The fourth-order valence-corrected chi connectivity index (χ4v) is 4.72. The zero-order valence-corrected chi connectivity index (χ0v) is 17.8. The highest BCUT2D eigenvalue weighted by molar-refractivity contribution is 6.09.